The Morgan fingerprint density at radius 1 is 1.16 bits per heavy atom. The van der Waals surface area contributed by atoms with Gasteiger partial charge in [0.25, 0.3) is 0 Å². The first kappa shape index (κ1) is 28.6. The Balaban J connectivity index is 0.00000512. The number of hydrogen-bond acceptors (Lipinski definition) is 5. The van der Waals surface area contributed by atoms with Gasteiger partial charge in [-0.3, -0.25) is 4.90 Å². The number of nitrogens with one attached hydrogen (secondary N) is 2. The maximum absolute atomic E-state index is 12.4. The smallest absolute Gasteiger partial charge is 0.422 e. The van der Waals surface area contributed by atoms with Crippen LogP contribution in [-0.2, 0) is 11.3 Å². The van der Waals surface area contributed by atoms with E-state index in [0.717, 1.165) is 31.9 Å². The number of ether oxygens (including phenoxy) is 3. The lowest BCUT2D eigenvalue weighted by Crippen LogP contribution is -2.56. The zero-order chi connectivity index (χ0) is 22.9. The Hall–Kier alpha value is -1.47. The molecule has 0 bridgehead atoms. The summed E-state index contributed by atoms with van der Waals surface area (Å²) in [6.07, 6.45) is -4.41. The van der Waals surface area contributed by atoms with Gasteiger partial charge in [-0.15, -0.1) is 24.0 Å². The number of methoxy groups -OCH3 is 1. The van der Waals surface area contributed by atoms with Crippen molar-refractivity contribution in [1.29, 1.82) is 0 Å². The van der Waals surface area contributed by atoms with E-state index < -0.39 is 12.8 Å². The molecule has 7 nitrogen and oxygen atoms in total. The van der Waals surface area contributed by atoms with Gasteiger partial charge in [0.15, 0.2) is 24.1 Å². The summed E-state index contributed by atoms with van der Waals surface area (Å²) in [6, 6.07) is 4.78. The normalized spacial score (nSPS) is 15.7. The summed E-state index contributed by atoms with van der Waals surface area (Å²) in [7, 11) is 1.39. The Bertz CT molecular complexity index is 727. The quantitative estimate of drug-likeness (QED) is 0.268. The minimum absolute atomic E-state index is 0. The number of hydrogen-bond donors (Lipinski definition) is 2. The average molecular weight is 574 g/mol. The summed E-state index contributed by atoms with van der Waals surface area (Å²) in [5, 5.41) is 6.60. The first-order valence-corrected chi connectivity index (χ1v) is 10.4. The molecule has 11 heteroatoms. The van der Waals surface area contributed by atoms with Crippen LogP contribution in [0.1, 0.15) is 26.3 Å². The van der Waals surface area contributed by atoms with Gasteiger partial charge in [0.2, 0.25) is 0 Å². The largest absolute Gasteiger partial charge is 0.493 e. The number of guanidine groups is 1. The minimum atomic E-state index is -4.41. The number of nitrogens with zero attached hydrogens (tertiary/aromatic N) is 2. The molecule has 0 radical (unpaired) electrons. The second-order valence-electron chi connectivity index (χ2n) is 7.85. The van der Waals surface area contributed by atoms with E-state index in [-0.39, 0.29) is 41.0 Å². The number of aliphatic imine (C=N–C) groups is 1. The van der Waals surface area contributed by atoms with Gasteiger partial charge in [-0.25, -0.2) is 4.99 Å². The topological polar surface area (TPSA) is 67.4 Å². The van der Waals surface area contributed by atoms with E-state index in [4.69, 9.17) is 14.2 Å². The van der Waals surface area contributed by atoms with Crippen molar-refractivity contribution in [3.63, 3.8) is 0 Å². The highest BCUT2D eigenvalue weighted by Crippen LogP contribution is 2.30. The van der Waals surface area contributed by atoms with Crippen LogP contribution in [0.4, 0.5) is 13.2 Å². The van der Waals surface area contributed by atoms with Crippen LogP contribution in [0, 0.1) is 0 Å². The molecule has 1 heterocycles. The summed E-state index contributed by atoms with van der Waals surface area (Å²) in [6.45, 7) is 9.99. The molecule has 32 heavy (non-hydrogen) atoms. The summed E-state index contributed by atoms with van der Waals surface area (Å²) >= 11 is 0. The molecule has 0 unspecified atom stereocenters. The van der Waals surface area contributed by atoms with E-state index in [1.165, 1.54) is 13.2 Å². The van der Waals surface area contributed by atoms with Gasteiger partial charge in [-0.1, -0.05) is 6.07 Å². The molecule has 0 spiro atoms. The zero-order valence-corrected chi connectivity index (χ0v) is 21.4. The van der Waals surface area contributed by atoms with Crippen LogP contribution in [0.2, 0.25) is 0 Å². The summed E-state index contributed by atoms with van der Waals surface area (Å²) in [5.74, 6) is 0.952. The fourth-order valence-corrected chi connectivity index (χ4v) is 3.18. The SMILES string of the molecule is CCNC(=NCc1ccc(OCC(F)(F)F)c(OC)c1)NCC(C)(C)N1CCOCC1.I. The van der Waals surface area contributed by atoms with E-state index in [1.54, 1.807) is 12.1 Å². The molecule has 0 atom stereocenters. The first-order valence-electron chi connectivity index (χ1n) is 10.4. The lowest BCUT2D eigenvalue weighted by molar-refractivity contribution is -0.153. The van der Waals surface area contributed by atoms with Crippen LogP contribution in [0.25, 0.3) is 0 Å². The third-order valence-electron chi connectivity index (χ3n) is 4.94. The molecule has 2 rings (SSSR count). The summed E-state index contributed by atoms with van der Waals surface area (Å²) in [5.41, 5.74) is 0.724. The molecule has 0 amide bonds. The number of halogens is 4. The van der Waals surface area contributed by atoms with Crippen molar-refractivity contribution in [2.24, 2.45) is 4.99 Å². The molecule has 1 aliphatic heterocycles. The van der Waals surface area contributed by atoms with Crippen LogP contribution in [0.3, 0.4) is 0 Å². The monoisotopic (exact) mass is 574 g/mol. The maximum atomic E-state index is 12.4. The molecule has 1 saturated heterocycles. The van der Waals surface area contributed by atoms with Crippen molar-refractivity contribution in [2.45, 2.75) is 39.0 Å². The molecule has 1 aliphatic rings. The van der Waals surface area contributed by atoms with Gasteiger partial charge in [-0.05, 0) is 38.5 Å². The molecule has 2 N–H and O–H groups in total. The molecule has 0 saturated carbocycles. The minimum Gasteiger partial charge on any atom is -0.493 e. The standard InChI is InChI=1S/C21H33F3N4O3.HI/c1-5-25-19(27-14-20(2,3)28-8-10-30-11-9-28)26-13-16-6-7-17(18(12-16)29-4)31-15-21(22,23)24;/h6-7,12H,5,8-11,13-15H2,1-4H3,(H2,25,26,27);1H. The number of rotatable bonds is 9. The van der Waals surface area contributed by atoms with E-state index in [2.05, 4.69) is 34.4 Å². The molecule has 1 aromatic rings. The summed E-state index contributed by atoms with van der Waals surface area (Å²) in [4.78, 5) is 6.98. The van der Waals surface area contributed by atoms with Crippen molar-refractivity contribution in [3.8, 4) is 11.5 Å². The van der Waals surface area contributed by atoms with Gasteiger partial charge >= 0.3 is 6.18 Å². The predicted octanol–water partition coefficient (Wildman–Crippen LogP) is 3.42. The highest BCUT2D eigenvalue weighted by molar-refractivity contribution is 14.0. The lowest BCUT2D eigenvalue weighted by atomic mass is 10.0. The fraction of sp³-hybridized carbons (Fsp3) is 0.667. The van der Waals surface area contributed by atoms with Crippen LogP contribution in [0.5, 0.6) is 11.5 Å². The molecular weight excluding hydrogens is 540 g/mol. The van der Waals surface area contributed by atoms with Gasteiger partial charge in [0, 0.05) is 31.7 Å². The van der Waals surface area contributed by atoms with E-state index in [9.17, 15) is 13.2 Å². The molecule has 184 valence electrons. The average Bonchev–Trinajstić information content (AvgIpc) is 2.74. The highest BCUT2D eigenvalue weighted by Gasteiger charge is 2.29. The molecule has 0 aliphatic carbocycles. The van der Waals surface area contributed by atoms with Crippen LogP contribution in [-0.4, -0.2) is 75.7 Å². The second-order valence-corrected chi connectivity index (χ2v) is 7.85. The van der Waals surface area contributed by atoms with Gasteiger partial charge in [-0.2, -0.15) is 13.2 Å². The van der Waals surface area contributed by atoms with Crippen molar-refractivity contribution in [2.75, 3.05) is 53.1 Å². The molecular formula is C21H34F3IN4O3. The Morgan fingerprint density at radius 3 is 2.44 bits per heavy atom. The Labute approximate surface area is 205 Å². The maximum Gasteiger partial charge on any atom is 0.422 e. The molecule has 0 aromatic heterocycles. The van der Waals surface area contributed by atoms with Crippen LogP contribution >= 0.6 is 24.0 Å². The van der Waals surface area contributed by atoms with Gasteiger partial charge in [0.1, 0.15) is 0 Å². The van der Waals surface area contributed by atoms with E-state index in [0.29, 0.717) is 25.6 Å². The van der Waals surface area contributed by atoms with Crippen LogP contribution in [0.15, 0.2) is 23.2 Å². The lowest BCUT2D eigenvalue weighted by Gasteiger charge is -2.41. The molecule has 1 fully saturated rings. The Morgan fingerprint density at radius 2 is 1.84 bits per heavy atom. The zero-order valence-electron chi connectivity index (χ0n) is 19.1. The highest BCUT2D eigenvalue weighted by atomic mass is 127. The first-order chi connectivity index (χ1) is 14.6. The van der Waals surface area contributed by atoms with Gasteiger partial charge in [0.05, 0.1) is 26.9 Å². The Kier molecular flexibility index (Phi) is 11.9. The number of alkyl halides is 3. The van der Waals surface area contributed by atoms with Crippen molar-refractivity contribution < 1.29 is 27.4 Å². The van der Waals surface area contributed by atoms with Crippen molar-refractivity contribution in [3.05, 3.63) is 23.8 Å². The summed E-state index contributed by atoms with van der Waals surface area (Å²) < 4.78 is 52.7. The van der Waals surface area contributed by atoms with Crippen molar-refractivity contribution in [1.82, 2.24) is 15.5 Å². The van der Waals surface area contributed by atoms with E-state index >= 15 is 0 Å². The third kappa shape index (κ3) is 9.57. The predicted molar refractivity (Wildman–Crippen MR) is 129 cm³/mol. The third-order valence-corrected chi connectivity index (χ3v) is 4.94. The number of morpholine rings is 1. The van der Waals surface area contributed by atoms with Crippen molar-refractivity contribution >= 4 is 29.9 Å². The number of benzene rings is 1. The molecule has 1 aromatic carbocycles. The second kappa shape index (κ2) is 13.3. The van der Waals surface area contributed by atoms with E-state index in [1.807, 2.05) is 6.92 Å². The van der Waals surface area contributed by atoms with Gasteiger partial charge < -0.3 is 24.8 Å². The fourth-order valence-electron chi connectivity index (χ4n) is 3.18. The van der Waals surface area contributed by atoms with Crippen LogP contribution < -0.4 is 20.1 Å².